The maximum atomic E-state index is 3.66. The number of rotatable bonds is 4. The van der Waals surface area contributed by atoms with Crippen molar-refractivity contribution < 1.29 is 0 Å². The number of nitrogens with zero attached hydrogens (tertiary/aromatic N) is 2. The van der Waals surface area contributed by atoms with Crippen molar-refractivity contribution in [2.45, 2.75) is 37.8 Å². The highest BCUT2D eigenvalue weighted by Crippen LogP contribution is 2.26. The molecule has 0 aromatic carbocycles. The highest BCUT2D eigenvalue weighted by atomic mass is 15.2. The van der Waals surface area contributed by atoms with E-state index in [1.807, 2.05) is 0 Å². The van der Waals surface area contributed by atoms with Gasteiger partial charge in [-0.05, 0) is 46.4 Å². The maximum Gasteiger partial charge on any atom is 0.0249 e. The number of piperazine rings is 1. The fraction of sp³-hybridized carbons (Fsp3) is 1.00. The molecule has 2 aliphatic rings. The molecule has 0 radical (unpaired) electrons. The quantitative estimate of drug-likeness (QED) is 0.741. The van der Waals surface area contributed by atoms with Crippen LogP contribution in [-0.2, 0) is 0 Å². The van der Waals surface area contributed by atoms with Crippen LogP contribution in [0.1, 0.15) is 25.7 Å². The minimum atomic E-state index is 0.804. The van der Waals surface area contributed by atoms with Gasteiger partial charge in [0, 0.05) is 25.2 Å². The molecule has 3 nitrogen and oxygen atoms in total. The molecule has 2 unspecified atom stereocenters. The zero-order chi connectivity index (χ0) is 10.7. The largest absolute Gasteiger partial charge is 0.311 e. The van der Waals surface area contributed by atoms with Crippen LogP contribution in [0.15, 0.2) is 0 Å². The van der Waals surface area contributed by atoms with Crippen LogP contribution in [0.3, 0.4) is 0 Å². The molecular formula is C12H25N3. The van der Waals surface area contributed by atoms with E-state index in [2.05, 4.69) is 29.2 Å². The van der Waals surface area contributed by atoms with Gasteiger partial charge < -0.3 is 10.2 Å². The summed E-state index contributed by atoms with van der Waals surface area (Å²) >= 11 is 0. The molecule has 0 bridgehead atoms. The minimum Gasteiger partial charge on any atom is -0.311 e. The zero-order valence-corrected chi connectivity index (χ0v) is 10.2. The Morgan fingerprint density at radius 2 is 2.20 bits per heavy atom. The van der Waals surface area contributed by atoms with Crippen LogP contribution in [0.2, 0.25) is 0 Å². The van der Waals surface area contributed by atoms with Crippen molar-refractivity contribution in [1.82, 2.24) is 15.1 Å². The van der Waals surface area contributed by atoms with Crippen LogP contribution < -0.4 is 5.32 Å². The Kier molecular flexibility index (Phi) is 4.00. The molecule has 1 saturated carbocycles. The van der Waals surface area contributed by atoms with Crippen LogP contribution >= 0.6 is 0 Å². The summed E-state index contributed by atoms with van der Waals surface area (Å²) in [5.74, 6) is 0. The third-order valence-electron chi connectivity index (χ3n) is 3.80. The predicted octanol–water partition coefficient (Wildman–Crippen LogP) is 0.764. The maximum absolute atomic E-state index is 3.66. The molecule has 0 spiro atoms. The van der Waals surface area contributed by atoms with Gasteiger partial charge in [0.1, 0.15) is 0 Å². The van der Waals surface area contributed by atoms with E-state index in [-0.39, 0.29) is 0 Å². The average Bonchev–Trinajstić information content (AvgIpc) is 2.65. The second-order valence-corrected chi connectivity index (χ2v) is 5.25. The van der Waals surface area contributed by atoms with Crippen molar-refractivity contribution in [3.8, 4) is 0 Å². The van der Waals surface area contributed by atoms with Crippen molar-refractivity contribution in [2.24, 2.45) is 0 Å². The van der Waals surface area contributed by atoms with Gasteiger partial charge >= 0.3 is 0 Å². The smallest absolute Gasteiger partial charge is 0.0249 e. The van der Waals surface area contributed by atoms with E-state index in [0.29, 0.717) is 0 Å². The topological polar surface area (TPSA) is 18.5 Å². The van der Waals surface area contributed by atoms with Gasteiger partial charge in [-0.2, -0.15) is 0 Å². The summed E-state index contributed by atoms with van der Waals surface area (Å²) in [5.41, 5.74) is 0. The van der Waals surface area contributed by atoms with Gasteiger partial charge in [-0.3, -0.25) is 4.90 Å². The molecule has 3 heteroatoms. The van der Waals surface area contributed by atoms with E-state index >= 15 is 0 Å². The molecule has 1 aliphatic carbocycles. The van der Waals surface area contributed by atoms with Crippen LogP contribution in [-0.4, -0.2) is 62.2 Å². The van der Waals surface area contributed by atoms with Crippen molar-refractivity contribution in [2.75, 3.05) is 40.3 Å². The molecule has 15 heavy (non-hydrogen) atoms. The lowest BCUT2D eigenvalue weighted by Crippen LogP contribution is -2.55. The lowest BCUT2D eigenvalue weighted by Gasteiger charge is -2.38. The summed E-state index contributed by atoms with van der Waals surface area (Å²) in [7, 11) is 4.33. The average molecular weight is 211 g/mol. The second kappa shape index (κ2) is 5.28. The molecule has 1 saturated heterocycles. The molecule has 2 fully saturated rings. The predicted molar refractivity (Wildman–Crippen MR) is 64.2 cm³/mol. The van der Waals surface area contributed by atoms with Gasteiger partial charge in [0.15, 0.2) is 0 Å². The molecule has 0 amide bonds. The Hall–Kier alpha value is -0.120. The molecular weight excluding hydrogens is 186 g/mol. The minimum absolute atomic E-state index is 0.804. The van der Waals surface area contributed by atoms with Crippen LogP contribution in [0.5, 0.6) is 0 Å². The Morgan fingerprint density at radius 3 is 3.00 bits per heavy atom. The van der Waals surface area contributed by atoms with Crippen molar-refractivity contribution >= 4 is 0 Å². The summed E-state index contributed by atoms with van der Waals surface area (Å²) in [6.45, 7) is 4.97. The number of hydrogen-bond acceptors (Lipinski definition) is 3. The van der Waals surface area contributed by atoms with E-state index in [0.717, 1.165) is 12.1 Å². The first-order valence-electron chi connectivity index (χ1n) is 6.39. The molecule has 1 heterocycles. The summed E-state index contributed by atoms with van der Waals surface area (Å²) in [6, 6.07) is 1.65. The fourth-order valence-corrected chi connectivity index (χ4v) is 3.04. The second-order valence-electron chi connectivity index (χ2n) is 5.25. The fourth-order valence-electron chi connectivity index (χ4n) is 3.04. The van der Waals surface area contributed by atoms with E-state index in [9.17, 15) is 0 Å². The molecule has 1 N–H and O–H groups in total. The van der Waals surface area contributed by atoms with Gasteiger partial charge in [0.05, 0.1) is 0 Å². The van der Waals surface area contributed by atoms with Crippen molar-refractivity contribution in [1.29, 1.82) is 0 Å². The Morgan fingerprint density at radius 1 is 1.33 bits per heavy atom. The molecule has 1 aliphatic heterocycles. The number of hydrogen-bond donors (Lipinski definition) is 1. The summed E-state index contributed by atoms with van der Waals surface area (Å²) in [4.78, 5) is 5.01. The SMILES string of the molecule is CN(C)CCCN1CCNC2CCCC21. The van der Waals surface area contributed by atoms with E-state index in [1.54, 1.807) is 0 Å². The highest BCUT2D eigenvalue weighted by molar-refractivity contribution is 4.93. The van der Waals surface area contributed by atoms with Gasteiger partial charge in [-0.15, -0.1) is 0 Å². The molecule has 2 atom stereocenters. The molecule has 88 valence electrons. The number of fused-ring (bicyclic) bond motifs is 1. The molecule has 0 aromatic rings. The lowest BCUT2D eigenvalue weighted by molar-refractivity contribution is 0.132. The Bertz CT molecular complexity index is 193. The van der Waals surface area contributed by atoms with Crippen LogP contribution in [0, 0.1) is 0 Å². The van der Waals surface area contributed by atoms with E-state index in [4.69, 9.17) is 0 Å². The summed E-state index contributed by atoms with van der Waals surface area (Å²) < 4.78 is 0. The van der Waals surface area contributed by atoms with Gasteiger partial charge in [-0.1, -0.05) is 6.42 Å². The molecule has 0 aromatic heterocycles. The van der Waals surface area contributed by atoms with Gasteiger partial charge in [0.25, 0.3) is 0 Å². The van der Waals surface area contributed by atoms with E-state index < -0.39 is 0 Å². The van der Waals surface area contributed by atoms with Gasteiger partial charge in [0.2, 0.25) is 0 Å². The summed E-state index contributed by atoms with van der Waals surface area (Å²) in [5, 5.41) is 3.66. The summed E-state index contributed by atoms with van der Waals surface area (Å²) in [6.07, 6.45) is 5.55. The first-order valence-corrected chi connectivity index (χ1v) is 6.39. The van der Waals surface area contributed by atoms with E-state index in [1.165, 1.54) is 51.9 Å². The molecule has 2 rings (SSSR count). The lowest BCUT2D eigenvalue weighted by atomic mass is 10.1. The van der Waals surface area contributed by atoms with Crippen molar-refractivity contribution in [3.63, 3.8) is 0 Å². The standard InChI is InChI=1S/C12H25N3/c1-14(2)8-4-9-15-10-7-13-11-5-3-6-12(11)15/h11-13H,3-10H2,1-2H3. The first-order chi connectivity index (χ1) is 7.27. The van der Waals surface area contributed by atoms with Crippen molar-refractivity contribution in [3.05, 3.63) is 0 Å². The third-order valence-corrected chi connectivity index (χ3v) is 3.80. The Balaban J connectivity index is 1.75. The monoisotopic (exact) mass is 211 g/mol. The van der Waals surface area contributed by atoms with Crippen LogP contribution in [0.25, 0.3) is 0 Å². The Labute approximate surface area is 93.8 Å². The van der Waals surface area contributed by atoms with Gasteiger partial charge in [-0.25, -0.2) is 0 Å². The number of nitrogens with one attached hydrogen (secondary N) is 1. The normalized spacial score (nSPS) is 32.2. The first kappa shape index (κ1) is 11.4. The third kappa shape index (κ3) is 2.92. The highest BCUT2D eigenvalue weighted by Gasteiger charge is 2.34. The van der Waals surface area contributed by atoms with Crippen LogP contribution in [0.4, 0.5) is 0 Å². The zero-order valence-electron chi connectivity index (χ0n) is 10.2.